The van der Waals surface area contributed by atoms with Gasteiger partial charge in [0.15, 0.2) is 5.75 Å². The van der Waals surface area contributed by atoms with Gasteiger partial charge >= 0.3 is 6.03 Å². The molecule has 0 bridgehead atoms. The number of anilines is 1. The van der Waals surface area contributed by atoms with Gasteiger partial charge in [0.1, 0.15) is 6.61 Å². The second-order valence-corrected chi connectivity index (χ2v) is 8.18. The van der Waals surface area contributed by atoms with E-state index in [1.54, 1.807) is 29.5 Å². The predicted octanol–water partition coefficient (Wildman–Crippen LogP) is 3.87. The first-order chi connectivity index (χ1) is 14.1. The molecule has 1 fully saturated rings. The zero-order valence-electron chi connectivity index (χ0n) is 16.8. The van der Waals surface area contributed by atoms with Crippen LogP contribution in [0.25, 0.3) is 0 Å². The number of halogens is 1. The molecular weight excluding hydrogens is 412 g/mol. The van der Waals surface area contributed by atoms with Crippen molar-refractivity contribution < 1.29 is 14.3 Å². The SMILES string of the molecule is CCOCCOc1c(Cl)cccc1NC(=O)N1CCN(Cc2csc(C)n2)CC1. The number of aryl methyl sites for hydroxylation is 1. The van der Waals surface area contributed by atoms with Crippen LogP contribution in [0.15, 0.2) is 23.6 Å². The highest BCUT2D eigenvalue weighted by molar-refractivity contribution is 7.09. The second-order valence-electron chi connectivity index (χ2n) is 6.71. The van der Waals surface area contributed by atoms with Gasteiger partial charge in [-0.2, -0.15) is 0 Å². The Balaban J connectivity index is 1.52. The highest BCUT2D eigenvalue weighted by atomic mass is 35.5. The van der Waals surface area contributed by atoms with E-state index in [1.807, 2.05) is 18.7 Å². The summed E-state index contributed by atoms with van der Waals surface area (Å²) in [6.45, 7) is 9.20. The molecule has 0 atom stereocenters. The molecule has 0 saturated carbocycles. The average molecular weight is 439 g/mol. The first-order valence-corrected chi connectivity index (χ1v) is 11.0. The molecule has 0 unspecified atom stereocenters. The van der Waals surface area contributed by atoms with Crippen LogP contribution in [-0.4, -0.2) is 66.8 Å². The molecule has 158 valence electrons. The van der Waals surface area contributed by atoms with Crippen LogP contribution < -0.4 is 10.1 Å². The highest BCUT2D eigenvalue weighted by Crippen LogP contribution is 2.33. The first kappa shape index (κ1) is 21.8. The number of nitrogens with zero attached hydrogens (tertiary/aromatic N) is 3. The maximum Gasteiger partial charge on any atom is 0.322 e. The predicted molar refractivity (Wildman–Crippen MR) is 116 cm³/mol. The Morgan fingerprint density at radius 3 is 2.76 bits per heavy atom. The van der Waals surface area contributed by atoms with Gasteiger partial charge in [0, 0.05) is 44.7 Å². The molecule has 3 rings (SSSR count). The molecule has 1 saturated heterocycles. The van der Waals surface area contributed by atoms with E-state index in [4.69, 9.17) is 21.1 Å². The minimum absolute atomic E-state index is 0.147. The third-order valence-electron chi connectivity index (χ3n) is 4.60. The van der Waals surface area contributed by atoms with Crippen molar-refractivity contribution >= 4 is 34.7 Å². The van der Waals surface area contributed by atoms with Gasteiger partial charge in [0.05, 0.1) is 28.0 Å². The fourth-order valence-electron chi connectivity index (χ4n) is 3.11. The molecule has 29 heavy (non-hydrogen) atoms. The Bertz CT molecular complexity index is 809. The minimum Gasteiger partial charge on any atom is -0.487 e. The number of ether oxygens (including phenoxy) is 2. The van der Waals surface area contributed by atoms with Crippen LogP contribution in [0.4, 0.5) is 10.5 Å². The number of thiazole rings is 1. The van der Waals surface area contributed by atoms with E-state index in [9.17, 15) is 4.79 Å². The maximum atomic E-state index is 12.7. The molecule has 0 aliphatic carbocycles. The summed E-state index contributed by atoms with van der Waals surface area (Å²) >= 11 is 7.93. The summed E-state index contributed by atoms with van der Waals surface area (Å²) in [5.41, 5.74) is 1.66. The van der Waals surface area contributed by atoms with Crippen molar-refractivity contribution in [3.63, 3.8) is 0 Å². The van der Waals surface area contributed by atoms with Gasteiger partial charge in [-0.15, -0.1) is 11.3 Å². The molecule has 1 aromatic heterocycles. The fourth-order valence-corrected chi connectivity index (χ4v) is 3.95. The van der Waals surface area contributed by atoms with Gasteiger partial charge in [-0.25, -0.2) is 9.78 Å². The van der Waals surface area contributed by atoms with E-state index >= 15 is 0 Å². The molecular formula is C20H27ClN4O3S. The Labute approximate surface area is 180 Å². The summed E-state index contributed by atoms with van der Waals surface area (Å²) in [5.74, 6) is 0.472. The summed E-state index contributed by atoms with van der Waals surface area (Å²) in [6.07, 6.45) is 0. The van der Waals surface area contributed by atoms with Gasteiger partial charge in [-0.3, -0.25) is 4.90 Å². The fraction of sp³-hybridized carbons (Fsp3) is 0.500. The number of benzene rings is 1. The number of urea groups is 1. The molecule has 2 aromatic rings. The number of para-hydroxylation sites is 1. The van der Waals surface area contributed by atoms with E-state index in [0.29, 0.717) is 49.4 Å². The van der Waals surface area contributed by atoms with E-state index in [-0.39, 0.29) is 6.03 Å². The lowest BCUT2D eigenvalue weighted by Crippen LogP contribution is -2.49. The third kappa shape index (κ3) is 6.30. The molecule has 2 amide bonds. The van der Waals surface area contributed by atoms with Crippen LogP contribution in [0, 0.1) is 6.92 Å². The number of aromatic nitrogens is 1. The molecule has 9 heteroatoms. The van der Waals surface area contributed by atoms with Crippen LogP contribution >= 0.6 is 22.9 Å². The molecule has 2 heterocycles. The van der Waals surface area contributed by atoms with Gasteiger partial charge < -0.3 is 19.7 Å². The minimum atomic E-state index is -0.147. The van der Waals surface area contributed by atoms with Crippen LogP contribution in [0.1, 0.15) is 17.6 Å². The molecule has 1 aromatic carbocycles. The number of carbonyl (C=O) groups excluding carboxylic acids is 1. The zero-order valence-corrected chi connectivity index (χ0v) is 18.4. The van der Waals surface area contributed by atoms with Crippen molar-refractivity contribution in [1.82, 2.24) is 14.8 Å². The molecule has 0 radical (unpaired) electrons. The summed E-state index contributed by atoms with van der Waals surface area (Å²) in [4.78, 5) is 21.4. The van der Waals surface area contributed by atoms with E-state index < -0.39 is 0 Å². The van der Waals surface area contributed by atoms with Crippen LogP contribution in [-0.2, 0) is 11.3 Å². The van der Waals surface area contributed by atoms with Crippen molar-refractivity contribution in [1.29, 1.82) is 0 Å². The summed E-state index contributed by atoms with van der Waals surface area (Å²) < 4.78 is 11.0. The van der Waals surface area contributed by atoms with Crippen molar-refractivity contribution in [3.8, 4) is 5.75 Å². The Kier molecular flexibility index (Phi) is 8.11. The van der Waals surface area contributed by atoms with Crippen molar-refractivity contribution in [2.75, 3.05) is 51.3 Å². The van der Waals surface area contributed by atoms with E-state index in [1.165, 1.54) is 0 Å². The standard InChI is InChI=1S/C20H27ClN4O3S/c1-3-27-11-12-28-19-17(21)5-4-6-18(19)23-20(26)25-9-7-24(8-10-25)13-16-14-29-15(2)22-16/h4-6,14H,3,7-13H2,1-2H3,(H,23,26). The van der Waals surface area contributed by atoms with Crippen LogP contribution in [0.2, 0.25) is 5.02 Å². The van der Waals surface area contributed by atoms with Gasteiger partial charge in [0.25, 0.3) is 0 Å². The topological polar surface area (TPSA) is 66.9 Å². The Morgan fingerprint density at radius 2 is 2.07 bits per heavy atom. The molecule has 1 aliphatic rings. The number of rotatable bonds is 8. The maximum absolute atomic E-state index is 12.7. The largest absolute Gasteiger partial charge is 0.487 e. The highest BCUT2D eigenvalue weighted by Gasteiger charge is 2.23. The Morgan fingerprint density at radius 1 is 1.28 bits per heavy atom. The number of amides is 2. The number of nitrogens with one attached hydrogen (secondary N) is 1. The lowest BCUT2D eigenvalue weighted by atomic mass is 10.2. The molecule has 0 spiro atoms. The van der Waals surface area contributed by atoms with Crippen molar-refractivity contribution in [2.24, 2.45) is 0 Å². The smallest absolute Gasteiger partial charge is 0.322 e. The molecule has 7 nitrogen and oxygen atoms in total. The summed E-state index contributed by atoms with van der Waals surface area (Å²) in [5, 5.41) is 6.58. The van der Waals surface area contributed by atoms with E-state index in [2.05, 4.69) is 20.6 Å². The first-order valence-electron chi connectivity index (χ1n) is 9.75. The lowest BCUT2D eigenvalue weighted by Gasteiger charge is -2.34. The number of carbonyl (C=O) groups is 1. The number of hydrogen-bond donors (Lipinski definition) is 1. The zero-order chi connectivity index (χ0) is 20.6. The number of piperazine rings is 1. The molecule has 1 N–H and O–H groups in total. The molecule has 1 aliphatic heterocycles. The van der Waals surface area contributed by atoms with Gasteiger partial charge in [-0.1, -0.05) is 17.7 Å². The Hall–Kier alpha value is -1.87. The lowest BCUT2D eigenvalue weighted by molar-refractivity contribution is 0.110. The normalized spacial score (nSPS) is 14.8. The van der Waals surface area contributed by atoms with Gasteiger partial charge in [-0.05, 0) is 26.0 Å². The quantitative estimate of drug-likeness (QED) is 0.633. The van der Waals surface area contributed by atoms with Gasteiger partial charge in [0.2, 0.25) is 0 Å². The van der Waals surface area contributed by atoms with Crippen molar-refractivity contribution in [2.45, 2.75) is 20.4 Å². The third-order valence-corrected chi connectivity index (χ3v) is 5.72. The second kappa shape index (κ2) is 10.8. The monoisotopic (exact) mass is 438 g/mol. The van der Waals surface area contributed by atoms with Crippen LogP contribution in [0.3, 0.4) is 0 Å². The van der Waals surface area contributed by atoms with Crippen molar-refractivity contribution in [3.05, 3.63) is 39.3 Å². The average Bonchev–Trinajstić information content (AvgIpc) is 3.12. The summed E-state index contributed by atoms with van der Waals surface area (Å²) in [7, 11) is 0. The van der Waals surface area contributed by atoms with E-state index in [0.717, 1.165) is 30.3 Å². The number of hydrogen-bond acceptors (Lipinski definition) is 6. The van der Waals surface area contributed by atoms with Crippen LogP contribution in [0.5, 0.6) is 5.75 Å². The summed E-state index contributed by atoms with van der Waals surface area (Å²) in [6, 6.07) is 5.18.